The van der Waals surface area contributed by atoms with Gasteiger partial charge in [0.15, 0.2) is 24.6 Å². The first-order valence-electron chi connectivity index (χ1n) is 37.5. The Kier molecular flexibility index (Phi) is 26.4. The lowest BCUT2D eigenvalue weighted by atomic mass is 9.43. The van der Waals surface area contributed by atoms with Crippen LogP contribution in [0.3, 0.4) is 0 Å². The van der Waals surface area contributed by atoms with Gasteiger partial charge in [-0.05, 0) is 199 Å². The molecule has 102 heavy (non-hydrogen) atoms. The van der Waals surface area contributed by atoms with E-state index in [4.69, 9.17) is 10.5 Å². The first-order valence-corrected chi connectivity index (χ1v) is 37.5. The number of allylic oxidation sites excluding steroid dienone is 4. The molecule has 8 aliphatic rings. The van der Waals surface area contributed by atoms with E-state index >= 15 is 4.39 Å². The number of aliphatic carboxylic acids is 2. The van der Waals surface area contributed by atoms with Crippen LogP contribution in [0.5, 0.6) is 0 Å². The number of unbranched alkanes of at least 4 members (excludes halogenated alkanes) is 2. The lowest BCUT2D eigenvalue weighted by Crippen LogP contribution is -2.69. The van der Waals surface area contributed by atoms with Crippen LogP contribution in [0.2, 0.25) is 0 Å². The zero-order chi connectivity index (χ0) is 75.2. The number of ketones is 2. The fourth-order valence-electron chi connectivity index (χ4n) is 21.0. The fraction of sp³-hybridized carbons (Fsp3) is 0.800. The average Bonchev–Trinajstić information content (AvgIpc) is 1.39. The molecular formula is C75H117FN7O19+. The number of quaternary nitrogens is 1. The van der Waals surface area contributed by atoms with E-state index in [1.54, 1.807) is 34.9 Å². The van der Waals surface area contributed by atoms with Crippen molar-refractivity contribution in [2.75, 3.05) is 46.9 Å². The molecule has 0 aromatic heterocycles. The molecule has 27 heteroatoms. The maximum atomic E-state index is 17.6. The molecule has 0 bridgehead atoms. The number of aliphatic hydroxyl groups excluding tert-OH is 4. The van der Waals surface area contributed by atoms with Gasteiger partial charge in [0.1, 0.15) is 23.7 Å². The largest absolute Gasteiger partial charge is 0.480 e. The number of amides is 6. The van der Waals surface area contributed by atoms with Crippen molar-refractivity contribution in [3.63, 3.8) is 0 Å². The van der Waals surface area contributed by atoms with E-state index in [9.17, 15) is 88.5 Å². The van der Waals surface area contributed by atoms with Crippen molar-refractivity contribution >= 4 is 64.9 Å². The number of nitrogens with one attached hydrogen (secondary N) is 5. The monoisotopic (exact) mass is 1440 g/mol. The molecule has 0 heterocycles. The number of hydrogen-bond acceptors (Lipinski definition) is 17. The van der Waals surface area contributed by atoms with E-state index < -0.39 is 154 Å². The second-order valence-corrected chi connectivity index (χ2v) is 33.4. The molecule has 22 atom stereocenters. The van der Waals surface area contributed by atoms with Gasteiger partial charge in [-0.15, -0.1) is 0 Å². The third-order valence-electron chi connectivity index (χ3n) is 26.7. The molecule has 7 saturated carbocycles. The molecule has 6 amide bonds. The Bertz CT molecular complexity index is 3200. The minimum absolute atomic E-state index is 0.00634. The van der Waals surface area contributed by atoms with Gasteiger partial charge in [0, 0.05) is 61.9 Å². The highest BCUT2D eigenvalue weighted by Gasteiger charge is 2.76. The summed E-state index contributed by atoms with van der Waals surface area (Å²) in [5, 5.41) is 90.9. The number of nitrogens with zero attached hydrogens (tertiary/aromatic N) is 1. The van der Waals surface area contributed by atoms with Gasteiger partial charge in [0.2, 0.25) is 41.2 Å². The number of ether oxygens (including phenoxy) is 1. The number of primary amides is 1. The van der Waals surface area contributed by atoms with Crippen molar-refractivity contribution in [3.05, 3.63) is 23.8 Å². The van der Waals surface area contributed by atoms with Crippen LogP contribution in [-0.4, -0.2) is 206 Å². The number of alkyl halides is 1. The number of Topliss-reactive ketones (excluding diaryl/α,β-unsaturated/α-hetero) is 1. The van der Waals surface area contributed by atoms with Crippen molar-refractivity contribution < 1.29 is 102 Å². The average molecular weight is 1440 g/mol. The number of nitrogens with two attached hydrogens (primary N) is 1. The van der Waals surface area contributed by atoms with Gasteiger partial charge in [0.25, 0.3) is 0 Å². The van der Waals surface area contributed by atoms with Gasteiger partial charge in [-0.1, -0.05) is 46.3 Å². The molecule has 14 N–H and O–H groups in total. The van der Waals surface area contributed by atoms with Crippen molar-refractivity contribution in [1.82, 2.24) is 26.6 Å². The van der Waals surface area contributed by atoms with Gasteiger partial charge >= 0.3 is 17.9 Å². The van der Waals surface area contributed by atoms with Crippen LogP contribution >= 0.6 is 0 Å². The maximum Gasteiger partial charge on any atom is 0.359 e. The van der Waals surface area contributed by atoms with E-state index in [2.05, 4.69) is 47.4 Å². The highest BCUT2D eigenvalue weighted by Crippen LogP contribution is 2.72. The summed E-state index contributed by atoms with van der Waals surface area (Å²) in [4.78, 5) is 142. The lowest BCUT2D eigenvalue weighted by molar-refractivity contribution is -0.883. The molecule has 8 rings (SSSR count). The van der Waals surface area contributed by atoms with Gasteiger partial charge < -0.3 is 77.3 Å². The Morgan fingerprint density at radius 2 is 1.33 bits per heavy atom. The van der Waals surface area contributed by atoms with Gasteiger partial charge in [-0.25, -0.2) is 14.0 Å². The summed E-state index contributed by atoms with van der Waals surface area (Å²) in [7, 11) is 3.44. The van der Waals surface area contributed by atoms with E-state index in [1.807, 2.05) is 0 Å². The summed E-state index contributed by atoms with van der Waals surface area (Å²) in [6.07, 6.45) is 7.97. The quantitative estimate of drug-likeness (QED) is 0.0243. The van der Waals surface area contributed by atoms with Crippen molar-refractivity contribution in [2.45, 2.75) is 256 Å². The summed E-state index contributed by atoms with van der Waals surface area (Å²) < 4.78 is 23.1. The zero-order valence-corrected chi connectivity index (χ0v) is 61.1. The second kappa shape index (κ2) is 33.0. The molecular weight excluding hydrogens is 1320 g/mol. The number of esters is 1. The number of carboxylic acids is 2. The van der Waals surface area contributed by atoms with E-state index in [0.29, 0.717) is 76.3 Å². The topological polar surface area (TPSA) is 425 Å². The standard InChI is InChI=1S/C75H116FN7O19/c1-42(48-20-21-50-66-52(38-57(87)73(48,50)6)70(3)29-27-46(84)36-45(70)37-56(66)86)17-23-62(92)82-55(69(99)100)22-24-63(93)80-53(67(77)97)14-9-12-32-79-68(98)54(81-61(91)16-13-33-83(7,8)40-64(94)95)15-10-11-31-78-60(90)25-26-65(96)102-41-59(89)75(101)43(2)34-51-49-19-18-44-35-47(85)28-30-71(44,4)74(49,76)58(88)39-72(51,75)5/h28,30,35,42-43,45-46,48-58,66,84,86-88,101H,9-27,29,31-34,36-41H2,1-8H3,(H8-,77,78,79,80,81,82,90,91,92,93,94,95,97,98,99,100)/p+1/t42-,43-,45+,46-,48-,49+,50+,51+,52+,53+,54+,55+,56?,57+,58+,66?,70+,71+,72+,73-,74+,75+/m1/s1. The third kappa shape index (κ3) is 17.2. The molecule has 0 aromatic rings. The molecule has 0 aromatic carbocycles. The highest BCUT2D eigenvalue weighted by atomic mass is 19.1. The first-order chi connectivity index (χ1) is 47.8. The van der Waals surface area contributed by atoms with E-state index in [-0.39, 0.29) is 141 Å². The number of carbonyl (C=O) groups is 11. The Labute approximate surface area is 598 Å². The number of likely N-dealkylation sites (N-methyl/N-ethyl adjacent to an activating group) is 1. The Morgan fingerprint density at radius 1 is 0.696 bits per heavy atom. The van der Waals surface area contributed by atoms with E-state index in [1.165, 1.54) is 18.2 Å². The number of carbonyl (C=O) groups excluding carboxylic acids is 9. The SMILES string of the molecule is C[C@H](CCC(=O)N[C@@H](CCC(=O)N[C@@H](CCCCNC(=O)[C@H](CCCCNC(=O)CCC(=O)OCC(=O)[C@@]1(O)[C@H](C)C[C@H]2[C@@H]3CCC4=CC(=O)C=C[C@]4(C)[C@@]3(F)[C@@H](O)C[C@@]21C)NC(=O)CCC[N+](C)(C)CC(=O)O)C(N)=O)C(=O)O)[C@H]1CC[C@H]2C3C(O)C[C@@H]4C[C@H](O)CC[C@]4(C)[C@H]3C[C@H](O)[C@]12C. The van der Waals surface area contributed by atoms with Crippen molar-refractivity contribution in [2.24, 2.45) is 80.7 Å². The van der Waals surface area contributed by atoms with Crippen LogP contribution in [0.4, 0.5) is 4.39 Å². The summed E-state index contributed by atoms with van der Waals surface area (Å²) in [6, 6.07) is -3.58. The van der Waals surface area contributed by atoms with Gasteiger partial charge in [-0.2, -0.15) is 0 Å². The predicted octanol–water partition coefficient (Wildman–Crippen LogP) is 3.92. The van der Waals surface area contributed by atoms with Crippen molar-refractivity contribution in [3.8, 4) is 0 Å². The minimum atomic E-state index is -2.17. The number of carboxylic acid groups (broad SMARTS) is 2. The Morgan fingerprint density at radius 3 is 2.00 bits per heavy atom. The molecule has 572 valence electrons. The second-order valence-electron chi connectivity index (χ2n) is 33.4. The fourth-order valence-corrected chi connectivity index (χ4v) is 21.0. The first kappa shape index (κ1) is 81.4. The zero-order valence-electron chi connectivity index (χ0n) is 61.1. The molecule has 0 saturated heterocycles. The van der Waals surface area contributed by atoms with Crippen LogP contribution in [0.15, 0.2) is 23.8 Å². The lowest BCUT2D eigenvalue weighted by Gasteiger charge is -2.63. The molecule has 26 nitrogen and oxygen atoms in total. The van der Waals surface area contributed by atoms with Crippen molar-refractivity contribution in [1.29, 1.82) is 0 Å². The molecule has 0 aliphatic heterocycles. The summed E-state index contributed by atoms with van der Waals surface area (Å²) in [5.41, 5.74) is -1.06. The maximum absolute atomic E-state index is 17.6. The van der Waals surface area contributed by atoms with Crippen LogP contribution in [-0.2, 0) is 57.5 Å². The normalized spacial score (nSPS) is 35.5. The highest BCUT2D eigenvalue weighted by molar-refractivity contribution is 6.01. The minimum Gasteiger partial charge on any atom is -0.480 e. The van der Waals surface area contributed by atoms with Crippen LogP contribution in [0.1, 0.15) is 202 Å². The van der Waals surface area contributed by atoms with Gasteiger partial charge in [-0.3, -0.25) is 43.2 Å². The molecule has 2 unspecified atom stereocenters. The third-order valence-corrected chi connectivity index (χ3v) is 26.7. The predicted molar refractivity (Wildman–Crippen MR) is 370 cm³/mol. The smallest absolute Gasteiger partial charge is 0.359 e. The Balaban J connectivity index is 0.736. The number of aliphatic hydroxyl groups is 5. The summed E-state index contributed by atoms with van der Waals surface area (Å²) in [5.74, 6) is -9.20. The van der Waals surface area contributed by atoms with Crippen LogP contribution < -0.4 is 32.3 Å². The number of fused-ring (bicyclic) bond motifs is 10. The van der Waals surface area contributed by atoms with Gasteiger partial charge in [0.05, 0.1) is 51.5 Å². The molecule has 7 fully saturated rings. The van der Waals surface area contributed by atoms with E-state index in [0.717, 1.165) is 25.7 Å². The van der Waals surface area contributed by atoms with Crippen LogP contribution in [0, 0.1) is 74.9 Å². The molecule has 8 aliphatic carbocycles. The number of rotatable bonds is 35. The number of hydrogen-bond donors (Lipinski definition) is 13. The Hall–Kier alpha value is -6.26. The van der Waals surface area contributed by atoms with Crippen LogP contribution in [0.25, 0.3) is 0 Å². The molecule has 0 radical (unpaired) electrons. The molecule has 0 spiro atoms. The summed E-state index contributed by atoms with van der Waals surface area (Å²) >= 11 is 0. The summed E-state index contributed by atoms with van der Waals surface area (Å²) in [6.45, 7) is 11.1. The number of halogens is 1.